The van der Waals surface area contributed by atoms with Crippen LogP contribution in [-0.4, -0.2) is 18.2 Å². The zero-order chi connectivity index (χ0) is 10.8. The molecule has 1 aromatic rings. The molecular formula is C13H19NO. The number of aryl methyl sites for hydroxylation is 1. The number of nitrogens with one attached hydrogen (secondary N) is 1. The van der Waals surface area contributed by atoms with Gasteiger partial charge in [0.25, 0.3) is 0 Å². The Morgan fingerprint density at radius 3 is 2.80 bits per heavy atom. The quantitative estimate of drug-likeness (QED) is 0.738. The molecule has 1 unspecified atom stereocenters. The molecule has 1 saturated heterocycles. The Bertz CT molecular complexity index is 354. The number of hydrogen-bond acceptors (Lipinski definition) is 2. The van der Waals surface area contributed by atoms with E-state index < -0.39 is 0 Å². The molecule has 1 aliphatic rings. The van der Waals surface area contributed by atoms with Gasteiger partial charge in [-0.1, -0.05) is 12.1 Å². The van der Waals surface area contributed by atoms with E-state index >= 15 is 0 Å². The minimum absolute atomic E-state index is 0.470. The number of aromatic hydroxyl groups is 1. The highest BCUT2D eigenvalue weighted by Gasteiger charge is 2.18. The number of piperidine rings is 1. The summed E-state index contributed by atoms with van der Waals surface area (Å²) in [6.45, 7) is 6.15. The highest BCUT2D eigenvalue weighted by atomic mass is 16.3. The van der Waals surface area contributed by atoms with Crippen molar-refractivity contribution in [2.75, 3.05) is 13.1 Å². The Morgan fingerprint density at radius 1 is 1.33 bits per heavy atom. The second-order valence-electron chi connectivity index (χ2n) is 4.49. The van der Waals surface area contributed by atoms with Crippen molar-refractivity contribution in [1.82, 2.24) is 5.32 Å². The zero-order valence-electron chi connectivity index (χ0n) is 9.51. The lowest BCUT2D eigenvalue weighted by Crippen LogP contribution is -2.28. The van der Waals surface area contributed by atoms with Crippen LogP contribution in [0, 0.1) is 13.8 Å². The lowest BCUT2D eigenvalue weighted by atomic mass is 9.87. The Hall–Kier alpha value is -1.02. The Kier molecular flexibility index (Phi) is 2.96. The predicted molar refractivity (Wildman–Crippen MR) is 62.4 cm³/mol. The van der Waals surface area contributed by atoms with E-state index in [0.717, 1.165) is 24.2 Å². The summed E-state index contributed by atoms with van der Waals surface area (Å²) in [6, 6.07) is 4.19. The van der Waals surface area contributed by atoms with Crippen LogP contribution in [0.2, 0.25) is 0 Å². The largest absolute Gasteiger partial charge is 0.507 e. The van der Waals surface area contributed by atoms with E-state index in [0.29, 0.717) is 11.7 Å². The summed E-state index contributed by atoms with van der Waals surface area (Å²) in [5.41, 5.74) is 3.34. The van der Waals surface area contributed by atoms with Gasteiger partial charge in [0.1, 0.15) is 5.75 Å². The van der Waals surface area contributed by atoms with Crippen molar-refractivity contribution in [2.45, 2.75) is 32.6 Å². The lowest BCUT2D eigenvalue weighted by Gasteiger charge is -2.25. The van der Waals surface area contributed by atoms with E-state index in [2.05, 4.69) is 11.4 Å². The van der Waals surface area contributed by atoms with Crippen LogP contribution in [0.4, 0.5) is 0 Å². The highest BCUT2D eigenvalue weighted by molar-refractivity contribution is 5.45. The molecule has 2 heteroatoms. The molecule has 82 valence electrons. The highest BCUT2D eigenvalue weighted by Crippen LogP contribution is 2.32. The average molecular weight is 205 g/mol. The molecule has 0 spiro atoms. The second-order valence-corrected chi connectivity index (χ2v) is 4.49. The maximum atomic E-state index is 9.90. The molecule has 1 atom stereocenters. The smallest absolute Gasteiger partial charge is 0.121 e. The average Bonchev–Trinajstić information content (AvgIpc) is 2.27. The fraction of sp³-hybridized carbons (Fsp3) is 0.538. The summed E-state index contributed by atoms with van der Waals surface area (Å²) in [6.07, 6.45) is 2.47. The summed E-state index contributed by atoms with van der Waals surface area (Å²) < 4.78 is 0. The van der Waals surface area contributed by atoms with Gasteiger partial charge >= 0.3 is 0 Å². The number of benzene rings is 1. The minimum atomic E-state index is 0.470. The van der Waals surface area contributed by atoms with Gasteiger partial charge in [-0.25, -0.2) is 0 Å². The molecule has 1 aliphatic heterocycles. The number of hydrogen-bond donors (Lipinski definition) is 2. The molecule has 0 bridgehead atoms. The summed E-state index contributed by atoms with van der Waals surface area (Å²) in [4.78, 5) is 0. The van der Waals surface area contributed by atoms with Crippen LogP contribution in [0.15, 0.2) is 12.1 Å². The second kappa shape index (κ2) is 4.23. The molecule has 0 aromatic heterocycles. The Morgan fingerprint density at radius 2 is 2.13 bits per heavy atom. The van der Waals surface area contributed by atoms with E-state index in [1.807, 2.05) is 19.9 Å². The van der Waals surface area contributed by atoms with Crippen molar-refractivity contribution in [3.8, 4) is 5.75 Å². The summed E-state index contributed by atoms with van der Waals surface area (Å²) in [5, 5.41) is 13.3. The maximum absolute atomic E-state index is 9.90. The van der Waals surface area contributed by atoms with Crippen LogP contribution in [0.5, 0.6) is 5.75 Å². The number of phenolic OH excluding ortho intramolecular Hbond substituents is 1. The molecule has 0 radical (unpaired) electrons. The van der Waals surface area contributed by atoms with E-state index in [1.165, 1.54) is 18.4 Å². The van der Waals surface area contributed by atoms with Crippen LogP contribution in [0.1, 0.15) is 35.4 Å². The summed E-state index contributed by atoms with van der Waals surface area (Å²) in [5.74, 6) is 1.04. The molecule has 1 aromatic carbocycles. The van der Waals surface area contributed by atoms with Crippen LogP contribution < -0.4 is 5.32 Å². The van der Waals surface area contributed by atoms with E-state index in [4.69, 9.17) is 0 Å². The summed E-state index contributed by atoms with van der Waals surface area (Å²) >= 11 is 0. The standard InChI is InChI=1S/C13H19NO/c1-9-5-6-12(10(2)13(9)15)11-4-3-7-14-8-11/h5-6,11,14-15H,3-4,7-8H2,1-2H3. The first-order valence-electron chi connectivity index (χ1n) is 5.70. The monoisotopic (exact) mass is 205 g/mol. The van der Waals surface area contributed by atoms with Crippen molar-refractivity contribution in [3.05, 3.63) is 28.8 Å². The first kappa shape index (κ1) is 10.5. The van der Waals surface area contributed by atoms with Crippen LogP contribution in [0.25, 0.3) is 0 Å². The first-order chi connectivity index (χ1) is 7.20. The molecule has 1 heterocycles. The molecule has 0 saturated carbocycles. The molecule has 2 N–H and O–H groups in total. The van der Waals surface area contributed by atoms with Gasteiger partial charge in [-0.15, -0.1) is 0 Å². The third-order valence-electron chi connectivity index (χ3n) is 3.41. The SMILES string of the molecule is Cc1ccc(C2CCCNC2)c(C)c1O. The molecule has 2 rings (SSSR count). The van der Waals surface area contributed by atoms with Crippen molar-refractivity contribution in [1.29, 1.82) is 0 Å². The third kappa shape index (κ3) is 2.00. The van der Waals surface area contributed by atoms with Gasteiger partial charge in [0, 0.05) is 6.54 Å². The maximum Gasteiger partial charge on any atom is 0.121 e. The van der Waals surface area contributed by atoms with Crippen molar-refractivity contribution >= 4 is 0 Å². The molecular weight excluding hydrogens is 186 g/mol. The summed E-state index contributed by atoms with van der Waals surface area (Å²) in [7, 11) is 0. The number of rotatable bonds is 1. The van der Waals surface area contributed by atoms with Crippen LogP contribution in [0.3, 0.4) is 0 Å². The van der Waals surface area contributed by atoms with Gasteiger partial charge in [-0.2, -0.15) is 0 Å². The van der Waals surface area contributed by atoms with Crippen molar-refractivity contribution < 1.29 is 5.11 Å². The lowest BCUT2D eigenvalue weighted by molar-refractivity contribution is 0.446. The van der Waals surface area contributed by atoms with Gasteiger partial charge in [0.15, 0.2) is 0 Å². The molecule has 1 fully saturated rings. The first-order valence-corrected chi connectivity index (χ1v) is 5.70. The Balaban J connectivity index is 2.31. The molecule has 0 aliphatic carbocycles. The normalized spacial score (nSPS) is 21.6. The van der Waals surface area contributed by atoms with E-state index in [1.54, 1.807) is 0 Å². The van der Waals surface area contributed by atoms with Crippen molar-refractivity contribution in [3.63, 3.8) is 0 Å². The van der Waals surface area contributed by atoms with Crippen LogP contribution in [-0.2, 0) is 0 Å². The molecule has 2 nitrogen and oxygen atoms in total. The van der Waals surface area contributed by atoms with E-state index in [-0.39, 0.29) is 0 Å². The van der Waals surface area contributed by atoms with Gasteiger partial charge in [-0.3, -0.25) is 0 Å². The van der Waals surface area contributed by atoms with Gasteiger partial charge in [-0.05, 0) is 55.8 Å². The van der Waals surface area contributed by atoms with E-state index in [9.17, 15) is 5.11 Å². The van der Waals surface area contributed by atoms with Crippen molar-refractivity contribution in [2.24, 2.45) is 0 Å². The fourth-order valence-corrected chi connectivity index (χ4v) is 2.41. The van der Waals surface area contributed by atoms with Crippen LogP contribution >= 0.6 is 0 Å². The van der Waals surface area contributed by atoms with Gasteiger partial charge in [0.2, 0.25) is 0 Å². The molecule has 15 heavy (non-hydrogen) atoms. The topological polar surface area (TPSA) is 32.3 Å². The molecule has 0 amide bonds. The van der Waals surface area contributed by atoms with Gasteiger partial charge in [0.05, 0.1) is 0 Å². The number of phenols is 1. The fourth-order valence-electron chi connectivity index (χ4n) is 2.41. The minimum Gasteiger partial charge on any atom is -0.507 e. The van der Waals surface area contributed by atoms with Gasteiger partial charge < -0.3 is 10.4 Å². The zero-order valence-corrected chi connectivity index (χ0v) is 9.51. The Labute approximate surface area is 91.3 Å². The third-order valence-corrected chi connectivity index (χ3v) is 3.41. The predicted octanol–water partition coefficient (Wildman–Crippen LogP) is 2.48.